The van der Waals surface area contributed by atoms with Crippen molar-refractivity contribution in [2.24, 2.45) is 4.99 Å². The maximum Gasteiger partial charge on any atom is 0.224 e. The molecule has 0 amide bonds. The Kier molecular flexibility index (Phi) is 12.1. The number of amidine groups is 1. The fraction of sp³-hybridized carbons (Fsp3) is 0.864. The number of hydrogen-bond donors (Lipinski definition) is 1. The second-order valence-corrected chi connectivity index (χ2v) is 7.67. The van der Waals surface area contributed by atoms with Crippen LogP contribution < -0.4 is 0 Å². The molecule has 2 atom stereocenters. The highest BCUT2D eigenvalue weighted by molar-refractivity contribution is 5.88. The van der Waals surface area contributed by atoms with E-state index in [2.05, 4.69) is 31.0 Å². The topological polar surface area (TPSA) is 32.6 Å². The highest BCUT2D eigenvalue weighted by Gasteiger charge is 2.39. The van der Waals surface area contributed by atoms with E-state index >= 15 is 0 Å². The van der Waals surface area contributed by atoms with Crippen LogP contribution in [0.1, 0.15) is 97.8 Å². The molecule has 0 aromatic heterocycles. The van der Waals surface area contributed by atoms with Gasteiger partial charge in [0.15, 0.2) is 6.23 Å². The van der Waals surface area contributed by atoms with Crippen LogP contribution >= 0.6 is 0 Å². The number of nitrogens with zero attached hydrogens (tertiary/aromatic N) is 2. The molecule has 0 fully saturated rings. The summed E-state index contributed by atoms with van der Waals surface area (Å²) in [5, 5.41) is 10.1. The molecule has 0 aliphatic carbocycles. The van der Waals surface area contributed by atoms with Gasteiger partial charge in [-0.25, -0.2) is 9.48 Å². The van der Waals surface area contributed by atoms with Gasteiger partial charge in [0.25, 0.3) is 0 Å². The van der Waals surface area contributed by atoms with Gasteiger partial charge >= 0.3 is 0 Å². The number of aliphatic imine (C=N–C) groups is 1. The first-order valence-corrected chi connectivity index (χ1v) is 10.9. The van der Waals surface area contributed by atoms with Crippen molar-refractivity contribution in [2.45, 2.75) is 104 Å². The van der Waals surface area contributed by atoms with Crippen molar-refractivity contribution in [2.75, 3.05) is 19.6 Å². The highest BCUT2D eigenvalue weighted by Crippen LogP contribution is 2.20. The summed E-state index contributed by atoms with van der Waals surface area (Å²) >= 11 is 0. The van der Waals surface area contributed by atoms with Gasteiger partial charge in [0.05, 0.1) is 13.1 Å². The van der Waals surface area contributed by atoms with Gasteiger partial charge in [0.1, 0.15) is 6.54 Å². The second-order valence-electron chi connectivity index (χ2n) is 7.67. The van der Waals surface area contributed by atoms with E-state index in [0.29, 0.717) is 4.48 Å². The molecule has 0 spiro atoms. The lowest BCUT2D eigenvalue weighted by Gasteiger charge is -2.35. The molecule has 1 aliphatic rings. The number of aliphatic hydroxyl groups is 1. The number of rotatable bonds is 15. The van der Waals surface area contributed by atoms with Gasteiger partial charge < -0.3 is 5.11 Å². The van der Waals surface area contributed by atoms with Gasteiger partial charge in [-0.05, 0) is 19.8 Å². The van der Waals surface area contributed by atoms with Crippen LogP contribution in [0.2, 0.25) is 0 Å². The molecule has 0 bridgehead atoms. The van der Waals surface area contributed by atoms with E-state index in [0.717, 1.165) is 31.9 Å². The molecular weight excluding hydrogens is 308 g/mol. The Hall–Kier alpha value is -0.670. The number of unbranched alkanes of at least 4 members (excludes halogenated alkanes) is 11. The Bertz CT molecular complexity index is 389. The van der Waals surface area contributed by atoms with Gasteiger partial charge in [-0.1, -0.05) is 77.2 Å². The van der Waals surface area contributed by atoms with Gasteiger partial charge in [-0.3, -0.25) is 0 Å². The minimum Gasteiger partial charge on any atom is -0.345 e. The number of likely N-dealkylation sites (N-methyl/N-ethyl adjacent to an activating group) is 1. The Morgan fingerprint density at radius 2 is 1.52 bits per heavy atom. The zero-order valence-electron chi connectivity index (χ0n) is 17.2. The van der Waals surface area contributed by atoms with E-state index < -0.39 is 0 Å². The molecule has 25 heavy (non-hydrogen) atoms. The first-order valence-electron chi connectivity index (χ1n) is 10.9. The molecule has 0 saturated carbocycles. The summed E-state index contributed by atoms with van der Waals surface area (Å²) in [5.74, 6) is 1.07. The van der Waals surface area contributed by atoms with E-state index in [-0.39, 0.29) is 6.23 Å². The van der Waals surface area contributed by atoms with Gasteiger partial charge in [0.2, 0.25) is 5.84 Å². The van der Waals surface area contributed by atoms with E-state index in [9.17, 15) is 5.11 Å². The number of allylic oxidation sites excluding steroid dienone is 1. The lowest BCUT2D eigenvalue weighted by atomic mass is 10.1. The summed E-state index contributed by atoms with van der Waals surface area (Å²) in [4.78, 5) is 4.62. The van der Waals surface area contributed by atoms with E-state index in [4.69, 9.17) is 0 Å². The van der Waals surface area contributed by atoms with Crippen LogP contribution in [0.4, 0.5) is 0 Å². The smallest absolute Gasteiger partial charge is 0.224 e. The molecule has 1 rings (SSSR count). The summed E-state index contributed by atoms with van der Waals surface area (Å²) in [6.45, 7) is 9.01. The van der Waals surface area contributed by atoms with E-state index in [1.165, 1.54) is 70.6 Å². The largest absolute Gasteiger partial charge is 0.345 e. The zero-order chi connectivity index (χ0) is 18.4. The van der Waals surface area contributed by atoms with Crippen molar-refractivity contribution in [3.05, 3.63) is 12.2 Å². The fourth-order valence-electron chi connectivity index (χ4n) is 3.88. The molecule has 1 N–H and O–H groups in total. The van der Waals surface area contributed by atoms with Crippen molar-refractivity contribution in [3.8, 4) is 0 Å². The third-order valence-corrected chi connectivity index (χ3v) is 5.75. The molecule has 1 heterocycles. The average molecular weight is 352 g/mol. The predicted octanol–water partition coefficient (Wildman–Crippen LogP) is 5.83. The van der Waals surface area contributed by atoms with Crippen molar-refractivity contribution in [3.63, 3.8) is 0 Å². The Balaban J connectivity index is 2.03. The quantitative estimate of drug-likeness (QED) is 0.292. The molecule has 0 aromatic rings. The van der Waals surface area contributed by atoms with Crippen LogP contribution in [0, 0.1) is 0 Å². The molecule has 1 aliphatic heterocycles. The first kappa shape index (κ1) is 22.4. The molecule has 146 valence electrons. The maximum absolute atomic E-state index is 10.1. The number of hydrogen-bond acceptors (Lipinski definition) is 2. The van der Waals surface area contributed by atoms with Crippen LogP contribution in [0.5, 0.6) is 0 Å². The van der Waals surface area contributed by atoms with Crippen molar-refractivity contribution in [1.82, 2.24) is 0 Å². The molecule has 0 aromatic carbocycles. The molecule has 3 heteroatoms. The highest BCUT2D eigenvalue weighted by atomic mass is 16.3. The average Bonchev–Trinajstić information content (AvgIpc) is 3.03. The summed E-state index contributed by atoms with van der Waals surface area (Å²) in [6.07, 6.45) is 20.5. The van der Waals surface area contributed by atoms with E-state index in [1.54, 1.807) is 0 Å². The minimum atomic E-state index is -0.363. The molecule has 3 nitrogen and oxygen atoms in total. The second kappa shape index (κ2) is 13.5. The van der Waals surface area contributed by atoms with Crippen LogP contribution in [-0.4, -0.2) is 41.3 Å². The van der Waals surface area contributed by atoms with Crippen LogP contribution in [0.3, 0.4) is 0 Å². The first-order chi connectivity index (χ1) is 12.2. The minimum absolute atomic E-state index is 0.363. The van der Waals surface area contributed by atoms with Crippen LogP contribution in [0.25, 0.3) is 0 Å². The normalized spacial score (nSPS) is 21.8. The molecular formula is C22H43N2O+. The Labute approximate surface area is 156 Å². The SMILES string of the molecule is CCCCCCCCCCCCC/C=C/C1=NCC[N+]1(CC)C(C)O. The summed E-state index contributed by atoms with van der Waals surface area (Å²) in [5.41, 5.74) is 0. The van der Waals surface area contributed by atoms with Crippen molar-refractivity contribution in [1.29, 1.82) is 0 Å². The van der Waals surface area contributed by atoms with Crippen molar-refractivity contribution < 1.29 is 9.59 Å². The van der Waals surface area contributed by atoms with Gasteiger partial charge in [-0.2, -0.15) is 0 Å². The maximum atomic E-state index is 10.1. The van der Waals surface area contributed by atoms with Crippen molar-refractivity contribution >= 4 is 5.84 Å². The monoisotopic (exact) mass is 351 g/mol. The summed E-state index contributed by atoms with van der Waals surface area (Å²) in [6, 6.07) is 0. The summed E-state index contributed by atoms with van der Waals surface area (Å²) in [7, 11) is 0. The lowest BCUT2D eigenvalue weighted by molar-refractivity contribution is -0.880. The number of quaternary nitrogens is 1. The zero-order valence-corrected chi connectivity index (χ0v) is 17.2. The molecule has 2 unspecified atom stereocenters. The Morgan fingerprint density at radius 1 is 0.960 bits per heavy atom. The Morgan fingerprint density at radius 3 is 2.04 bits per heavy atom. The summed E-state index contributed by atoms with van der Waals surface area (Å²) < 4.78 is 0.634. The molecule has 0 radical (unpaired) electrons. The predicted molar refractivity (Wildman–Crippen MR) is 110 cm³/mol. The fourth-order valence-corrected chi connectivity index (χ4v) is 3.88. The van der Waals surface area contributed by atoms with Gasteiger partial charge in [-0.15, -0.1) is 0 Å². The number of aliphatic hydroxyl groups excluding tert-OH is 1. The third-order valence-electron chi connectivity index (χ3n) is 5.75. The van der Waals surface area contributed by atoms with Crippen LogP contribution in [-0.2, 0) is 0 Å². The third kappa shape index (κ3) is 8.04. The van der Waals surface area contributed by atoms with Crippen LogP contribution in [0.15, 0.2) is 17.1 Å². The molecule has 0 saturated heterocycles. The lowest BCUT2D eigenvalue weighted by Crippen LogP contribution is -2.56. The van der Waals surface area contributed by atoms with E-state index in [1.807, 2.05) is 6.92 Å². The standard InChI is InChI=1S/C22H43N2O/c1-4-6-7-8-9-10-11-12-13-14-15-16-17-18-22-23-19-20-24(22,5-2)21(3)25/h17-18,21,25H,4-16,19-20H2,1-3H3/q+1/b18-17+. The van der Waals surface area contributed by atoms with Gasteiger partial charge in [0, 0.05) is 13.0 Å².